The van der Waals surface area contributed by atoms with E-state index < -0.39 is 21.5 Å². The molecule has 4 nitrogen and oxygen atoms in total. The molecule has 0 saturated heterocycles. The maximum Gasteiger partial charge on any atom is 1.00 e. The van der Waals surface area contributed by atoms with Gasteiger partial charge in [0.2, 0.25) is 0 Å². The van der Waals surface area contributed by atoms with Gasteiger partial charge in [-0.2, -0.15) is 0 Å². The van der Waals surface area contributed by atoms with Crippen LogP contribution in [0.25, 0.3) is 0 Å². The van der Waals surface area contributed by atoms with Crippen LogP contribution in [-0.4, -0.2) is 29.4 Å². The monoisotopic (exact) mass is 358 g/mol. The van der Waals surface area contributed by atoms with Gasteiger partial charge in [-0.15, -0.1) is 0 Å². The van der Waals surface area contributed by atoms with Crippen LogP contribution < -0.4 is 29.6 Å². The van der Waals surface area contributed by atoms with Crippen LogP contribution in [0.2, 0.25) is 0 Å². The summed E-state index contributed by atoms with van der Waals surface area (Å²) in [6, 6.07) is 0. The summed E-state index contributed by atoms with van der Waals surface area (Å²) < 4.78 is 33.8. The van der Waals surface area contributed by atoms with Crippen molar-refractivity contribution in [2.75, 3.05) is 0 Å². The summed E-state index contributed by atoms with van der Waals surface area (Å²) in [5.41, 5.74) is 0. The molecule has 0 heterocycles. The van der Waals surface area contributed by atoms with Crippen molar-refractivity contribution in [3.63, 3.8) is 0 Å². The fourth-order valence-electron chi connectivity index (χ4n) is 2.74. The minimum atomic E-state index is -4.24. The third-order valence-corrected chi connectivity index (χ3v) is 5.54. The van der Waals surface area contributed by atoms with Crippen LogP contribution in [0.1, 0.15) is 97.3 Å². The Morgan fingerprint density at radius 2 is 1.26 bits per heavy atom. The topological polar surface area (TPSA) is 77.4 Å². The van der Waals surface area contributed by atoms with E-state index in [2.05, 4.69) is 6.92 Å². The van der Waals surface area contributed by atoms with Crippen molar-refractivity contribution < 1.29 is 47.6 Å². The van der Waals surface area contributed by atoms with Crippen molar-refractivity contribution in [1.82, 2.24) is 0 Å². The smallest absolute Gasteiger partial charge is 0.748 e. The van der Waals surface area contributed by atoms with E-state index in [1.165, 1.54) is 25.7 Å². The molecule has 0 aromatic rings. The molecule has 0 amide bonds. The molecule has 0 bridgehead atoms. The quantitative estimate of drug-likeness (QED) is 0.272. The molecule has 0 saturated carbocycles. The van der Waals surface area contributed by atoms with Crippen LogP contribution in [0.15, 0.2) is 0 Å². The van der Waals surface area contributed by atoms with Crippen LogP contribution in [0.4, 0.5) is 0 Å². The van der Waals surface area contributed by atoms with Crippen LogP contribution in [0.3, 0.4) is 0 Å². The minimum Gasteiger partial charge on any atom is -0.748 e. The Balaban J connectivity index is 0. The molecule has 1 N–H and O–H groups in total. The second kappa shape index (κ2) is 16.3. The Kier molecular flexibility index (Phi) is 18.5. The molecule has 2 unspecified atom stereocenters. The molecule has 0 spiro atoms. The van der Waals surface area contributed by atoms with Crippen LogP contribution >= 0.6 is 0 Å². The van der Waals surface area contributed by atoms with E-state index in [-0.39, 0.29) is 29.6 Å². The second-order valence-electron chi connectivity index (χ2n) is 6.40. The molecular formula is C17H35NaO4S. The first kappa shape index (κ1) is 26.1. The van der Waals surface area contributed by atoms with Gasteiger partial charge in [-0.1, -0.05) is 71.6 Å². The number of rotatable bonds is 15. The van der Waals surface area contributed by atoms with Gasteiger partial charge in [-0.3, -0.25) is 0 Å². The van der Waals surface area contributed by atoms with Gasteiger partial charge < -0.3 is 9.66 Å². The average molecular weight is 359 g/mol. The van der Waals surface area contributed by atoms with Gasteiger partial charge in [-0.05, 0) is 25.7 Å². The first-order valence-corrected chi connectivity index (χ1v) is 10.5. The third-order valence-electron chi connectivity index (χ3n) is 4.25. The number of aliphatic hydroxyl groups is 1. The van der Waals surface area contributed by atoms with Crippen molar-refractivity contribution in [2.24, 2.45) is 0 Å². The fourth-order valence-corrected chi connectivity index (χ4v) is 3.62. The molecule has 0 rings (SSSR count). The average Bonchev–Trinajstić information content (AvgIpc) is 2.45. The molecular weight excluding hydrogens is 323 g/mol. The van der Waals surface area contributed by atoms with Crippen LogP contribution in [-0.2, 0) is 10.1 Å². The molecule has 134 valence electrons. The van der Waals surface area contributed by atoms with E-state index in [1.54, 1.807) is 0 Å². The van der Waals surface area contributed by atoms with Gasteiger partial charge in [0.25, 0.3) is 0 Å². The third kappa shape index (κ3) is 16.1. The Bertz CT molecular complexity index is 347. The molecule has 0 fully saturated rings. The zero-order valence-corrected chi connectivity index (χ0v) is 18.2. The Morgan fingerprint density at radius 1 is 0.783 bits per heavy atom. The summed E-state index contributed by atoms with van der Waals surface area (Å²) in [6.07, 6.45) is 11.2. The largest absolute Gasteiger partial charge is 1.00 e. The Morgan fingerprint density at radius 3 is 1.83 bits per heavy atom. The number of aliphatic hydroxyl groups excluding tert-OH is 1. The molecule has 0 aromatic heterocycles. The van der Waals surface area contributed by atoms with Crippen molar-refractivity contribution in [3.8, 4) is 0 Å². The Hall–Kier alpha value is 0.870. The van der Waals surface area contributed by atoms with E-state index in [4.69, 9.17) is 0 Å². The van der Waals surface area contributed by atoms with E-state index in [9.17, 15) is 18.1 Å². The van der Waals surface area contributed by atoms with Gasteiger partial charge in [0.05, 0.1) is 16.2 Å². The van der Waals surface area contributed by atoms with E-state index in [0.29, 0.717) is 25.7 Å². The summed E-state index contributed by atoms with van der Waals surface area (Å²) >= 11 is 0. The molecule has 2 atom stereocenters. The molecule has 0 aromatic carbocycles. The number of hydrogen-bond donors (Lipinski definition) is 1. The van der Waals surface area contributed by atoms with Gasteiger partial charge in [0.1, 0.15) is 0 Å². The maximum absolute atomic E-state index is 11.3. The van der Waals surface area contributed by atoms with Crippen LogP contribution in [0.5, 0.6) is 0 Å². The number of hydrogen-bond acceptors (Lipinski definition) is 4. The summed E-state index contributed by atoms with van der Waals surface area (Å²) in [4.78, 5) is 0. The van der Waals surface area contributed by atoms with Crippen molar-refractivity contribution in [2.45, 2.75) is 109 Å². The first-order valence-electron chi connectivity index (χ1n) is 9.04. The van der Waals surface area contributed by atoms with Crippen molar-refractivity contribution >= 4 is 10.1 Å². The number of unbranched alkanes of at least 4 members (excludes halogenated alkanes) is 7. The standard InChI is InChI=1S/C17H36O4S.Na/c1-3-5-7-8-9-11-12-16(18)14-15-17(22(19,20)21)13-10-6-4-2;/h16-18H,3-15H2,1-2H3,(H,19,20,21);/q;+1/p-1. The SMILES string of the molecule is CCCCCCCCC(O)CCC(CCCCC)S(=O)(=O)[O-].[Na+]. The van der Waals surface area contributed by atoms with E-state index in [1.807, 2.05) is 6.92 Å². The fraction of sp³-hybridized carbons (Fsp3) is 1.00. The predicted octanol–water partition coefficient (Wildman–Crippen LogP) is 1.38. The maximum atomic E-state index is 11.3. The van der Waals surface area contributed by atoms with Crippen LogP contribution in [0, 0.1) is 0 Å². The minimum absolute atomic E-state index is 0. The molecule has 0 aliphatic carbocycles. The van der Waals surface area contributed by atoms with Crippen molar-refractivity contribution in [3.05, 3.63) is 0 Å². The van der Waals surface area contributed by atoms with Crippen molar-refractivity contribution in [1.29, 1.82) is 0 Å². The summed E-state index contributed by atoms with van der Waals surface area (Å²) in [7, 11) is -4.24. The molecule has 6 heteroatoms. The zero-order valence-electron chi connectivity index (χ0n) is 15.4. The van der Waals surface area contributed by atoms with Gasteiger partial charge >= 0.3 is 29.6 Å². The van der Waals surface area contributed by atoms with Gasteiger partial charge in [0, 0.05) is 5.25 Å². The zero-order chi connectivity index (χ0) is 16.8. The predicted molar refractivity (Wildman–Crippen MR) is 90.9 cm³/mol. The second-order valence-corrected chi connectivity index (χ2v) is 8.05. The van der Waals surface area contributed by atoms with E-state index >= 15 is 0 Å². The summed E-state index contributed by atoms with van der Waals surface area (Å²) in [5.74, 6) is 0. The Labute approximate surface area is 165 Å². The molecule has 0 radical (unpaired) electrons. The molecule has 0 aliphatic heterocycles. The summed E-state index contributed by atoms with van der Waals surface area (Å²) in [5, 5.41) is 9.12. The summed E-state index contributed by atoms with van der Waals surface area (Å²) in [6.45, 7) is 4.23. The molecule has 23 heavy (non-hydrogen) atoms. The van der Waals surface area contributed by atoms with Gasteiger partial charge in [-0.25, -0.2) is 8.42 Å². The van der Waals surface area contributed by atoms with E-state index in [0.717, 1.165) is 32.1 Å². The normalized spacial score (nSPS) is 14.3. The molecule has 0 aliphatic rings. The first-order chi connectivity index (χ1) is 10.4. The van der Waals surface area contributed by atoms with Gasteiger partial charge in [0.15, 0.2) is 0 Å².